The van der Waals surface area contributed by atoms with E-state index in [9.17, 15) is 0 Å². The monoisotopic (exact) mass is 235 g/mol. The predicted molar refractivity (Wildman–Crippen MR) is 70.0 cm³/mol. The molecule has 1 aromatic carbocycles. The largest absolute Gasteiger partial charge is 0.333 e. The van der Waals surface area contributed by atoms with Crippen LogP contribution in [0.15, 0.2) is 29.4 Å². The molecule has 2 rings (SSSR count). The average Bonchev–Trinajstić information content (AvgIpc) is 2.66. The average molecular weight is 235 g/mol. The number of para-hydroxylation sites is 2. The topological polar surface area (TPSA) is 31.9 Å². The molecule has 0 aliphatic rings. The summed E-state index contributed by atoms with van der Waals surface area (Å²) in [5.74, 6) is 1.11. The van der Waals surface area contributed by atoms with Crippen molar-refractivity contribution >= 4 is 22.8 Å². The molecular formula is C12H17N3S. The smallest absolute Gasteiger partial charge is 0.166 e. The first-order valence-corrected chi connectivity index (χ1v) is 6.46. The van der Waals surface area contributed by atoms with Crippen LogP contribution in [0.5, 0.6) is 0 Å². The lowest BCUT2D eigenvalue weighted by Crippen LogP contribution is -2.13. The minimum absolute atomic E-state index is 1.03. The minimum atomic E-state index is 1.03. The van der Waals surface area contributed by atoms with Gasteiger partial charge in [0.1, 0.15) is 0 Å². The van der Waals surface area contributed by atoms with Gasteiger partial charge in [-0.2, -0.15) is 0 Å². The number of rotatable bonds is 5. The van der Waals surface area contributed by atoms with Gasteiger partial charge in [-0.05, 0) is 39.2 Å². The molecule has 0 saturated heterocycles. The zero-order valence-electron chi connectivity index (χ0n) is 9.73. The molecule has 3 nitrogen and oxygen atoms in total. The zero-order valence-corrected chi connectivity index (χ0v) is 10.5. The maximum atomic E-state index is 4.52. The van der Waals surface area contributed by atoms with E-state index in [0.29, 0.717) is 0 Å². The number of hydrogen-bond acceptors (Lipinski definition) is 3. The molecule has 86 valence electrons. The summed E-state index contributed by atoms with van der Waals surface area (Å²) in [4.78, 5) is 10.1. The van der Waals surface area contributed by atoms with E-state index < -0.39 is 0 Å². The van der Waals surface area contributed by atoms with E-state index >= 15 is 0 Å². The van der Waals surface area contributed by atoms with Gasteiger partial charge in [-0.15, -0.1) is 0 Å². The van der Waals surface area contributed by atoms with Gasteiger partial charge in [0.15, 0.2) is 5.16 Å². The van der Waals surface area contributed by atoms with Gasteiger partial charge in [0, 0.05) is 5.75 Å². The molecule has 0 bridgehead atoms. The Balaban J connectivity index is 1.89. The quantitative estimate of drug-likeness (QED) is 0.638. The van der Waals surface area contributed by atoms with E-state index in [2.05, 4.69) is 35.0 Å². The number of fused-ring (bicyclic) bond motifs is 1. The van der Waals surface area contributed by atoms with E-state index in [0.717, 1.165) is 28.5 Å². The Morgan fingerprint density at radius 3 is 2.88 bits per heavy atom. The summed E-state index contributed by atoms with van der Waals surface area (Å²) in [6.45, 7) is 1.13. The van der Waals surface area contributed by atoms with Crippen LogP contribution < -0.4 is 0 Å². The number of thioether (sulfide) groups is 1. The summed E-state index contributed by atoms with van der Waals surface area (Å²) in [7, 11) is 4.21. The molecule has 1 heterocycles. The predicted octanol–water partition coefficient (Wildman–Crippen LogP) is 2.61. The van der Waals surface area contributed by atoms with Crippen LogP contribution in [0, 0.1) is 0 Å². The molecule has 0 amide bonds. The fraction of sp³-hybridized carbons (Fsp3) is 0.417. The number of nitrogens with zero attached hydrogens (tertiary/aromatic N) is 2. The first kappa shape index (κ1) is 11.5. The molecule has 0 atom stereocenters. The second kappa shape index (κ2) is 5.37. The van der Waals surface area contributed by atoms with Crippen molar-refractivity contribution in [3.63, 3.8) is 0 Å². The molecule has 16 heavy (non-hydrogen) atoms. The van der Waals surface area contributed by atoms with Crippen LogP contribution >= 0.6 is 11.8 Å². The van der Waals surface area contributed by atoms with E-state index in [1.54, 1.807) is 11.8 Å². The molecule has 0 saturated carbocycles. The van der Waals surface area contributed by atoms with Gasteiger partial charge in [0.25, 0.3) is 0 Å². The third-order valence-electron chi connectivity index (χ3n) is 2.36. The van der Waals surface area contributed by atoms with Gasteiger partial charge in [0.2, 0.25) is 0 Å². The fourth-order valence-electron chi connectivity index (χ4n) is 1.55. The number of hydrogen-bond donors (Lipinski definition) is 1. The van der Waals surface area contributed by atoms with Crippen molar-refractivity contribution in [2.24, 2.45) is 0 Å². The van der Waals surface area contributed by atoms with Gasteiger partial charge in [-0.3, -0.25) is 0 Å². The summed E-state index contributed by atoms with van der Waals surface area (Å²) in [6.07, 6.45) is 1.19. The number of benzene rings is 1. The van der Waals surface area contributed by atoms with Crippen LogP contribution in [0.25, 0.3) is 11.0 Å². The highest BCUT2D eigenvalue weighted by Crippen LogP contribution is 2.19. The van der Waals surface area contributed by atoms with Gasteiger partial charge in [-0.25, -0.2) is 4.98 Å². The van der Waals surface area contributed by atoms with Gasteiger partial charge in [-0.1, -0.05) is 23.9 Å². The fourth-order valence-corrected chi connectivity index (χ4v) is 2.36. The highest BCUT2D eigenvalue weighted by molar-refractivity contribution is 7.99. The summed E-state index contributed by atoms with van der Waals surface area (Å²) < 4.78 is 0. The SMILES string of the molecule is CN(C)CCCSc1nc2ccccc2[nH]1. The Bertz CT molecular complexity index is 417. The Hall–Kier alpha value is -1.00. The normalized spacial score (nSPS) is 11.4. The Morgan fingerprint density at radius 1 is 1.31 bits per heavy atom. The molecule has 0 aliphatic heterocycles. The van der Waals surface area contributed by atoms with Gasteiger partial charge < -0.3 is 9.88 Å². The van der Waals surface area contributed by atoms with Crippen LogP contribution in [0.3, 0.4) is 0 Å². The molecule has 0 radical (unpaired) electrons. The third kappa shape index (κ3) is 3.00. The summed E-state index contributed by atoms with van der Waals surface area (Å²) in [6, 6.07) is 8.15. The van der Waals surface area contributed by atoms with E-state index in [4.69, 9.17) is 0 Å². The summed E-state index contributed by atoms with van der Waals surface area (Å²) in [5.41, 5.74) is 2.18. The standard InChI is InChI=1S/C12H17N3S/c1-15(2)8-5-9-16-12-13-10-6-3-4-7-11(10)14-12/h3-4,6-7H,5,8-9H2,1-2H3,(H,13,14). The highest BCUT2D eigenvalue weighted by Gasteiger charge is 2.01. The summed E-state index contributed by atoms with van der Waals surface area (Å²) >= 11 is 1.79. The maximum Gasteiger partial charge on any atom is 0.166 e. The number of aromatic nitrogens is 2. The lowest BCUT2D eigenvalue weighted by atomic mass is 10.3. The molecule has 0 spiro atoms. The highest BCUT2D eigenvalue weighted by atomic mass is 32.2. The van der Waals surface area contributed by atoms with Crippen LogP contribution in [0.1, 0.15) is 6.42 Å². The van der Waals surface area contributed by atoms with Crippen molar-refractivity contribution in [3.05, 3.63) is 24.3 Å². The number of H-pyrrole nitrogens is 1. The zero-order chi connectivity index (χ0) is 11.4. The van der Waals surface area contributed by atoms with Crippen molar-refractivity contribution in [2.75, 3.05) is 26.4 Å². The van der Waals surface area contributed by atoms with Crippen LogP contribution in [0.2, 0.25) is 0 Å². The molecule has 2 aromatic rings. The summed E-state index contributed by atoms with van der Waals surface area (Å²) in [5, 5.41) is 1.03. The number of nitrogens with one attached hydrogen (secondary N) is 1. The van der Waals surface area contributed by atoms with E-state index in [1.807, 2.05) is 18.2 Å². The Labute approximate surface area is 100 Å². The lowest BCUT2D eigenvalue weighted by molar-refractivity contribution is 0.410. The molecule has 0 fully saturated rings. The lowest BCUT2D eigenvalue weighted by Gasteiger charge is -2.07. The van der Waals surface area contributed by atoms with Crippen LogP contribution in [-0.2, 0) is 0 Å². The maximum absolute atomic E-state index is 4.52. The molecule has 1 N–H and O–H groups in total. The molecule has 1 aromatic heterocycles. The second-order valence-corrected chi connectivity index (χ2v) is 5.15. The number of imidazole rings is 1. The van der Waals surface area contributed by atoms with E-state index in [1.165, 1.54) is 6.42 Å². The Morgan fingerprint density at radius 2 is 2.12 bits per heavy atom. The second-order valence-electron chi connectivity index (χ2n) is 4.06. The Kier molecular flexibility index (Phi) is 3.85. The van der Waals surface area contributed by atoms with Gasteiger partial charge >= 0.3 is 0 Å². The molecule has 0 unspecified atom stereocenters. The molecule has 0 aliphatic carbocycles. The van der Waals surface area contributed by atoms with Gasteiger partial charge in [0.05, 0.1) is 11.0 Å². The minimum Gasteiger partial charge on any atom is -0.333 e. The van der Waals surface area contributed by atoms with Crippen LogP contribution in [0.4, 0.5) is 0 Å². The van der Waals surface area contributed by atoms with E-state index in [-0.39, 0.29) is 0 Å². The number of aromatic amines is 1. The molecule has 4 heteroatoms. The van der Waals surface area contributed by atoms with Crippen molar-refractivity contribution in [3.8, 4) is 0 Å². The molecular weight excluding hydrogens is 218 g/mol. The third-order valence-corrected chi connectivity index (χ3v) is 3.32. The first-order valence-electron chi connectivity index (χ1n) is 5.48. The first-order chi connectivity index (χ1) is 7.75. The van der Waals surface area contributed by atoms with Crippen LogP contribution in [-0.4, -0.2) is 41.3 Å². The van der Waals surface area contributed by atoms with Crippen molar-refractivity contribution in [2.45, 2.75) is 11.6 Å². The van der Waals surface area contributed by atoms with Crippen molar-refractivity contribution in [1.29, 1.82) is 0 Å². The van der Waals surface area contributed by atoms with Crippen molar-refractivity contribution in [1.82, 2.24) is 14.9 Å². The van der Waals surface area contributed by atoms with Crippen molar-refractivity contribution < 1.29 is 0 Å².